The van der Waals surface area contributed by atoms with Crippen LogP contribution in [-0.2, 0) is 9.53 Å². The van der Waals surface area contributed by atoms with E-state index >= 15 is 0 Å². The van der Waals surface area contributed by atoms with E-state index < -0.39 is 5.97 Å². The number of methoxy groups -OCH3 is 2. The van der Waals surface area contributed by atoms with Crippen molar-refractivity contribution in [2.75, 3.05) is 26.1 Å². The first-order valence-electron chi connectivity index (χ1n) is 7.47. The van der Waals surface area contributed by atoms with Crippen LogP contribution in [0.4, 0.5) is 5.13 Å². The number of nitrogens with one attached hydrogen (secondary N) is 1. The Bertz CT molecular complexity index is 760. The Morgan fingerprint density at radius 2 is 1.96 bits per heavy atom. The Morgan fingerprint density at radius 3 is 2.56 bits per heavy atom. The van der Waals surface area contributed by atoms with Crippen LogP contribution in [0.15, 0.2) is 18.2 Å². The van der Waals surface area contributed by atoms with Gasteiger partial charge in [-0.3, -0.25) is 10.1 Å². The molecule has 0 spiro atoms. The number of ether oxygens (including phenoxy) is 3. The second kappa shape index (κ2) is 8.43. The summed E-state index contributed by atoms with van der Waals surface area (Å²) in [5.74, 6) is 0.0546. The van der Waals surface area contributed by atoms with Crippen molar-refractivity contribution in [2.45, 2.75) is 19.8 Å². The van der Waals surface area contributed by atoms with Crippen LogP contribution in [0.1, 0.15) is 35.1 Å². The highest BCUT2D eigenvalue weighted by Gasteiger charge is 2.15. The lowest BCUT2D eigenvalue weighted by atomic mass is 10.2. The van der Waals surface area contributed by atoms with E-state index in [4.69, 9.17) is 9.47 Å². The average molecular weight is 365 g/mol. The summed E-state index contributed by atoms with van der Waals surface area (Å²) in [6, 6.07) is 4.64. The fourth-order valence-corrected chi connectivity index (χ4v) is 2.55. The second-order valence-electron chi connectivity index (χ2n) is 5.28. The minimum Gasteiger partial charge on any atom is -0.493 e. The first-order valence-corrected chi connectivity index (χ1v) is 8.28. The zero-order chi connectivity index (χ0) is 18.4. The number of carbonyl (C=O) groups excluding carboxylic acids is 2. The molecule has 2 aromatic rings. The van der Waals surface area contributed by atoms with Crippen molar-refractivity contribution in [3.63, 3.8) is 0 Å². The summed E-state index contributed by atoms with van der Waals surface area (Å²) >= 11 is 1.33. The number of hydrogen-bond donors (Lipinski definition) is 1. The number of esters is 1. The Morgan fingerprint density at radius 1 is 1.20 bits per heavy atom. The number of rotatable bonds is 7. The normalized spacial score (nSPS) is 10.4. The molecule has 0 fully saturated rings. The lowest BCUT2D eigenvalue weighted by Gasteiger charge is -2.11. The Balaban J connectivity index is 2.10. The van der Waals surface area contributed by atoms with Gasteiger partial charge >= 0.3 is 5.97 Å². The van der Waals surface area contributed by atoms with E-state index in [1.54, 1.807) is 12.1 Å². The van der Waals surface area contributed by atoms with Crippen LogP contribution < -0.4 is 14.8 Å². The third-order valence-electron chi connectivity index (χ3n) is 3.15. The minimum atomic E-state index is -0.513. The third-order valence-corrected chi connectivity index (χ3v) is 4.29. The van der Waals surface area contributed by atoms with E-state index in [0.717, 1.165) is 5.01 Å². The molecule has 1 aromatic heterocycles. The van der Waals surface area contributed by atoms with Crippen molar-refractivity contribution >= 4 is 28.3 Å². The van der Waals surface area contributed by atoms with Gasteiger partial charge in [-0.1, -0.05) is 25.2 Å². The molecule has 9 heteroatoms. The van der Waals surface area contributed by atoms with Crippen molar-refractivity contribution < 1.29 is 23.8 Å². The smallest absolute Gasteiger partial charge is 0.343 e. The largest absolute Gasteiger partial charge is 0.493 e. The van der Waals surface area contributed by atoms with Crippen LogP contribution in [0, 0.1) is 0 Å². The van der Waals surface area contributed by atoms with Crippen molar-refractivity contribution in [1.29, 1.82) is 0 Å². The summed E-state index contributed by atoms with van der Waals surface area (Å²) in [5.41, 5.74) is 0.364. The van der Waals surface area contributed by atoms with E-state index in [9.17, 15) is 9.59 Å². The van der Waals surface area contributed by atoms with E-state index in [1.165, 1.54) is 31.6 Å². The lowest BCUT2D eigenvalue weighted by Crippen LogP contribution is -2.14. The van der Waals surface area contributed by atoms with Gasteiger partial charge in [-0.2, -0.15) is 0 Å². The summed E-state index contributed by atoms with van der Waals surface area (Å²) < 4.78 is 15.0. The number of benzene rings is 1. The van der Waals surface area contributed by atoms with Gasteiger partial charge in [0.2, 0.25) is 5.13 Å². The molecule has 0 unspecified atom stereocenters. The van der Waals surface area contributed by atoms with Crippen LogP contribution in [0.3, 0.4) is 0 Å². The number of amides is 1. The van der Waals surface area contributed by atoms with Crippen molar-refractivity contribution in [1.82, 2.24) is 10.2 Å². The molecule has 0 aliphatic rings. The molecule has 1 heterocycles. The van der Waals surface area contributed by atoms with Gasteiger partial charge in [0.25, 0.3) is 5.91 Å². The van der Waals surface area contributed by atoms with Crippen LogP contribution in [0.5, 0.6) is 11.5 Å². The molecule has 134 valence electrons. The zero-order valence-corrected chi connectivity index (χ0v) is 15.2. The first-order chi connectivity index (χ1) is 11.9. The van der Waals surface area contributed by atoms with Crippen molar-refractivity contribution in [3.05, 3.63) is 28.8 Å². The molecule has 2 rings (SSSR count). The maximum absolute atomic E-state index is 12.3. The summed E-state index contributed by atoms with van der Waals surface area (Å²) in [4.78, 5) is 23.5. The minimum absolute atomic E-state index is 0.245. The fraction of sp³-hybridized carbons (Fsp3) is 0.375. The standard InChI is InChI=1S/C16H19N3O5S/c1-9(2)15-18-19-16(25-15)17-14(21)10-5-6-11(12(7-10)22-3)24-8-13(20)23-4/h5-7,9H,8H2,1-4H3,(H,17,19,21). The van der Waals surface area contributed by atoms with Gasteiger partial charge < -0.3 is 14.2 Å². The number of anilines is 1. The molecule has 1 N–H and O–H groups in total. The molecule has 0 aliphatic carbocycles. The summed E-state index contributed by atoms with van der Waals surface area (Å²) in [7, 11) is 2.72. The molecule has 1 aromatic carbocycles. The van der Waals surface area contributed by atoms with Crippen LogP contribution in [-0.4, -0.2) is 42.9 Å². The highest BCUT2D eigenvalue weighted by Crippen LogP contribution is 2.29. The molecule has 0 bridgehead atoms. The Labute approximate surface area is 149 Å². The van der Waals surface area contributed by atoms with Gasteiger partial charge in [0.15, 0.2) is 18.1 Å². The molecule has 0 saturated heterocycles. The lowest BCUT2D eigenvalue weighted by molar-refractivity contribution is -0.142. The molecule has 1 amide bonds. The monoisotopic (exact) mass is 365 g/mol. The summed E-state index contributed by atoms with van der Waals surface area (Å²) in [5, 5.41) is 12.0. The average Bonchev–Trinajstić information content (AvgIpc) is 3.08. The molecule has 8 nitrogen and oxygen atoms in total. The number of hydrogen-bond acceptors (Lipinski definition) is 8. The van der Waals surface area contributed by atoms with E-state index in [-0.39, 0.29) is 18.4 Å². The van der Waals surface area contributed by atoms with E-state index in [1.807, 2.05) is 13.8 Å². The Kier molecular flexibility index (Phi) is 6.29. The fourth-order valence-electron chi connectivity index (χ4n) is 1.81. The number of carbonyl (C=O) groups is 2. The van der Waals surface area contributed by atoms with Gasteiger partial charge in [-0.25, -0.2) is 4.79 Å². The highest BCUT2D eigenvalue weighted by atomic mass is 32.1. The van der Waals surface area contributed by atoms with Crippen molar-refractivity contribution in [2.24, 2.45) is 0 Å². The van der Waals surface area contributed by atoms with Crippen molar-refractivity contribution in [3.8, 4) is 11.5 Å². The van der Waals surface area contributed by atoms with Gasteiger partial charge in [0.1, 0.15) is 5.01 Å². The van der Waals surface area contributed by atoms with E-state index in [0.29, 0.717) is 22.2 Å². The van der Waals surface area contributed by atoms with Gasteiger partial charge in [-0.15, -0.1) is 10.2 Å². The van der Waals surface area contributed by atoms with Gasteiger partial charge in [-0.05, 0) is 18.2 Å². The maximum atomic E-state index is 12.3. The molecule has 0 radical (unpaired) electrons. The Hall–Kier alpha value is -2.68. The van der Waals surface area contributed by atoms with E-state index in [2.05, 4.69) is 20.3 Å². The predicted octanol–water partition coefficient (Wildman–Crippen LogP) is 2.47. The molecule has 0 saturated carbocycles. The summed E-state index contributed by atoms with van der Waals surface area (Å²) in [6.07, 6.45) is 0. The molecular weight excluding hydrogens is 346 g/mol. The van der Waals surface area contributed by atoms with Gasteiger partial charge in [0.05, 0.1) is 14.2 Å². The molecule has 0 atom stereocenters. The SMILES string of the molecule is COC(=O)COc1ccc(C(=O)Nc2nnc(C(C)C)s2)cc1OC. The zero-order valence-electron chi connectivity index (χ0n) is 14.4. The van der Waals surface area contributed by atoms with Crippen LogP contribution in [0.2, 0.25) is 0 Å². The highest BCUT2D eigenvalue weighted by molar-refractivity contribution is 7.15. The van der Waals surface area contributed by atoms with Gasteiger partial charge in [0, 0.05) is 11.5 Å². The second-order valence-corrected chi connectivity index (χ2v) is 6.29. The number of aromatic nitrogens is 2. The quantitative estimate of drug-likeness (QED) is 0.752. The molecular formula is C16H19N3O5S. The number of nitrogens with zero attached hydrogens (tertiary/aromatic N) is 2. The maximum Gasteiger partial charge on any atom is 0.343 e. The summed E-state index contributed by atoms with van der Waals surface area (Å²) in [6.45, 7) is 3.76. The van der Waals surface area contributed by atoms with Crippen LogP contribution in [0.25, 0.3) is 0 Å². The molecule has 0 aliphatic heterocycles. The van der Waals surface area contributed by atoms with Crippen LogP contribution >= 0.6 is 11.3 Å². The third kappa shape index (κ3) is 4.90. The molecule has 25 heavy (non-hydrogen) atoms. The first kappa shape index (κ1) is 18.7. The topological polar surface area (TPSA) is 99.6 Å². The predicted molar refractivity (Wildman–Crippen MR) is 92.5 cm³/mol.